The van der Waals surface area contributed by atoms with Crippen molar-refractivity contribution in [1.29, 1.82) is 0 Å². The van der Waals surface area contributed by atoms with Gasteiger partial charge in [-0.25, -0.2) is 0 Å². The van der Waals surface area contributed by atoms with E-state index in [-0.39, 0.29) is 0 Å². The van der Waals surface area contributed by atoms with E-state index in [0.717, 1.165) is 0 Å². The normalized spacial score (nSPS) is 6.40. The molecule has 5 heteroatoms. The Kier molecular flexibility index (Phi) is 5.86. The fourth-order valence-electron chi connectivity index (χ4n) is 0.0113. The summed E-state index contributed by atoms with van der Waals surface area (Å²) in [5.74, 6) is 0. The van der Waals surface area contributed by atoms with Crippen molar-refractivity contribution in [3.63, 3.8) is 0 Å². The van der Waals surface area contributed by atoms with Crippen LogP contribution in [0.15, 0.2) is 0 Å². The van der Waals surface area contributed by atoms with Crippen LogP contribution in [0, 0.1) is 0 Å². The molecule has 3 nitrogen and oxygen atoms in total. The predicted molar refractivity (Wildman–Crippen MR) is 2.46 cm³/mol. The van der Waals surface area contributed by atoms with Gasteiger partial charge < -0.3 is 0 Å². The Balaban J connectivity index is 2.65. The Morgan fingerprint density at radius 3 is 1.60 bits per heavy atom. The average molecular weight is 416 g/mol. The molecule has 0 saturated heterocycles. The fraction of sp³-hybridized carbons (Fsp3) is 0. The first kappa shape index (κ1) is 5.94. The molecule has 0 bridgehead atoms. The molecule has 0 aromatic rings. The van der Waals surface area contributed by atoms with Crippen LogP contribution in [0.4, 0.5) is 0 Å². The van der Waals surface area contributed by atoms with E-state index in [9.17, 15) is 6.80 Å². The third-order valence-corrected chi connectivity index (χ3v) is 3.72. The van der Waals surface area contributed by atoms with Crippen LogP contribution >= 0.6 is 0 Å². The van der Waals surface area contributed by atoms with E-state index < -0.39 is 37.8 Å². The van der Waals surface area contributed by atoms with Crippen molar-refractivity contribution < 1.29 is 46.7 Å². The summed E-state index contributed by atoms with van der Waals surface area (Å²) in [7, 11) is 0. The monoisotopic (exact) mass is 416 g/mol. The molecule has 5 heavy (non-hydrogen) atoms. The first-order chi connectivity index (χ1) is 2.41. The molecular formula is O3W2. The molecule has 0 atom stereocenters. The summed E-state index contributed by atoms with van der Waals surface area (Å²) >= 11 is -3.52. The van der Waals surface area contributed by atoms with Crippen LogP contribution in [-0.2, 0) is 46.7 Å². The zero-order valence-electron chi connectivity index (χ0n) is 2.04. The van der Waals surface area contributed by atoms with Crippen molar-refractivity contribution in [2.45, 2.75) is 0 Å². The molecule has 0 amide bonds. The molecule has 0 aliphatic rings. The molecule has 0 spiro atoms. The molecule has 30 valence electrons. The van der Waals surface area contributed by atoms with Crippen molar-refractivity contribution in [1.82, 2.24) is 0 Å². The van der Waals surface area contributed by atoms with Crippen molar-refractivity contribution in [3.8, 4) is 0 Å². The molecule has 0 aliphatic carbocycles. The molecule has 0 aromatic carbocycles. The zero-order valence-corrected chi connectivity index (χ0v) is 7.91. The molecule has 0 heterocycles. The zero-order chi connectivity index (χ0) is 4.12. The molecule has 0 saturated carbocycles. The number of hydrogen-bond acceptors (Lipinski definition) is 3. The van der Waals surface area contributed by atoms with Crippen LogP contribution in [0.3, 0.4) is 0 Å². The first-order valence-electron chi connectivity index (χ1n) is 0.667. The molecular weight excluding hydrogens is 416 g/mol. The second kappa shape index (κ2) is 4.94. The average Bonchev–Trinajstić information content (AvgIpc) is 1.41. The molecule has 0 aliphatic heterocycles. The van der Waals surface area contributed by atoms with Gasteiger partial charge >= 0.3 is 46.7 Å². The summed E-state index contributed by atoms with van der Waals surface area (Å²) in [6.07, 6.45) is 0. The Labute approximate surface area is 46.7 Å². The molecule has 0 unspecified atom stereocenters. The maximum absolute atomic E-state index is 9.32. The van der Waals surface area contributed by atoms with Gasteiger partial charge in [0, 0.05) is 0 Å². The predicted octanol–water partition coefficient (Wildman–Crippen LogP) is -0.311. The molecule has 0 radical (unpaired) electrons. The molecule has 0 N–H and O–H groups in total. The Hall–Kier alpha value is 0.937. The Morgan fingerprint density at radius 1 is 1.20 bits per heavy atom. The Bertz CT molecular complexity index is 34.2. The van der Waals surface area contributed by atoms with Gasteiger partial charge in [-0.05, 0) is 0 Å². The molecule has 0 rings (SSSR count). The molecule has 0 fully saturated rings. The van der Waals surface area contributed by atoms with E-state index in [0.29, 0.717) is 0 Å². The van der Waals surface area contributed by atoms with Crippen LogP contribution < -0.4 is 0 Å². The van der Waals surface area contributed by atoms with Crippen LogP contribution in [-0.4, -0.2) is 0 Å². The standard InChI is InChI=1S/3O.2W. The minimum absolute atomic E-state index is 1.76. The van der Waals surface area contributed by atoms with Crippen LogP contribution in [0.5, 0.6) is 0 Å². The van der Waals surface area contributed by atoms with Gasteiger partial charge in [0.15, 0.2) is 0 Å². The maximum atomic E-state index is 9.32. The van der Waals surface area contributed by atoms with Gasteiger partial charge in [0.1, 0.15) is 0 Å². The van der Waals surface area contributed by atoms with Gasteiger partial charge in [-0.3, -0.25) is 0 Å². The first-order valence-corrected chi connectivity index (χ1v) is 5.46. The fourth-order valence-corrected chi connectivity index (χ4v) is 0.760. The van der Waals surface area contributed by atoms with Gasteiger partial charge in [0.25, 0.3) is 0 Å². The number of hydrogen-bond donors (Lipinski definition) is 0. The number of rotatable bonds is 2. The van der Waals surface area contributed by atoms with Gasteiger partial charge in [0.05, 0.1) is 0 Å². The summed E-state index contributed by atoms with van der Waals surface area (Å²) in [4.78, 5) is 0. The molecule has 0 aromatic heterocycles. The summed E-state index contributed by atoms with van der Waals surface area (Å²) in [5, 5.41) is 0. The van der Waals surface area contributed by atoms with Gasteiger partial charge in [-0.1, -0.05) is 0 Å². The summed E-state index contributed by atoms with van der Waals surface area (Å²) in [6, 6.07) is 0. The summed E-state index contributed by atoms with van der Waals surface area (Å²) in [5.41, 5.74) is 0. The minimum atomic E-state index is -1.76. The third kappa shape index (κ3) is 4.94. The van der Waals surface area contributed by atoms with Crippen LogP contribution in [0.25, 0.3) is 0 Å². The SMILES string of the molecule is [O]=[W][O][W]=[O]. The van der Waals surface area contributed by atoms with Crippen molar-refractivity contribution in [2.24, 2.45) is 0 Å². The van der Waals surface area contributed by atoms with Crippen molar-refractivity contribution in [2.75, 3.05) is 0 Å². The van der Waals surface area contributed by atoms with E-state index >= 15 is 0 Å². The van der Waals surface area contributed by atoms with Crippen LogP contribution in [0.2, 0.25) is 0 Å². The van der Waals surface area contributed by atoms with E-state index in [1.165, 1.54) is 0 Å². The van der Waals surface area contributed by atoms with Gasteiger partial charge in [-0.15, -0.1) is 0 Å². The van der Waals surface area contributed by atoms with E-state index in [4.69, 9.17) is 0 Å². The topological polar surface area (TPSA) is 43.4 Å². The van der Waals surface area contributed by atoms with Crippen molar-refractivity contribution >= 4 is 0 Å². The second-order valence-electron chi connectivity index (χ2n) is 0.204. The second-order valence-corrected chi connectivity index (χ2v) is 5.67. The van der Waals surface area contributed by atoms with E-state index in [1.807, 2.05) is 0 Å². The van der Waals surface area contributed by atoms with Crippen molar-refractivity contribution in [3.05, 3.63) is 0 Å². The van der Waals surface area contributed by atoms with Gasteiger partial charge in [-0.2, -0.15) is 0 Å². The van der Waals surface area contributed by atoms with E-state index in [1.54, 1.807) is 0 Å². The quantitative estimate of drug-likeness (QED) is 0.621. The summed E-state index contributed by atoms with van der Waals surface area (Å²) < 4.78 is 22.7. The van der Waals surface area contributed by atoms with E-state index in [2.05, 4.69) is 2.04 Å². The summed E-state index contributed by atoms with van der Waals surface area (Å²) in [6.45, 7) is 0. The van der Waals surface area contributed by atoms with Crippen LogP contribution in [0.1, 0.15) is 0 Å². The third-order valence-electron chi connectivity index (χ3n) is 0.0556. The Morgan fingerprint density at radius 2 is 1.60 bits per heavy atom. The van der Waals surface area contributed by atoms with Gasteiger partial charge in [0.2, 0.25) is 0 Å².